The molecule has 2 amide bonds. The Morgan fingerprint density at radius 3 is 2.77 bits per heavy atom. The molecule has 10 heteroatoms. The van der Waals surface area contributed by atoms with Crippen LogP contribution in [-0.4, -0.2) is 38.4 Å². The van der Waals surface area contributed by atoms with Crippen LogP contribution in [0.3, 0.4) is 0 Å². The predicted molar refractivity (Wildman–Crippen MR) is 104 cm³/mol. The van der Waals surface area contributed by atoms with Crippen LogP contribution in [0.1, 0.15) is 33.1 Å². The van der Waals surface area contributed by atoms with Crippen molar-refractivity contribution in [2.24, 2.45) is 0 Å². The smallest absolute Gasteiger partial charge is 0.272 e. The molecule has 3 aromatic rings. The van der Waals surface area contributed by atoms with Crippen LogP contribution >= 0.6 is 0 Å². The lowest BCUT2D eigenvalue weighted by molar-refractivity contribution is -0.384. The number of hydrogen-bond donors (Lipinski definition) is 2. The van der Waals surface area contributed by atoms with Gasteiger partial charge in [0.1, 0.15) is 5.76 Å². The molecule has 10 nitrogen and oxygen atoms in total. The third-order valence-corrected chi connectivity index (χ3v) is 5.01. The molecule has 1 aromatic carbocycles. The fraction of sp³-hybridized carbons (Fsp3) is 0.250. The fourth-order valence-corrected chi connectivity index (χ4v) is 3.38. The van der Waals surface area contributed by atoms with Gasteiger partial charge in [-0.15, -0.1) is 0 Å². The number of carbonyl (C=O) groups excluding carboxylic acids is 2. The zero-order valence-electron chi connectivity index (χ0n) is 16.0. The van der Waals surface area contributed by atoms with Gasteiger partial charge in [0.2, 0.25) is 5.91 Å². The molecule has 0 atom stereocenters. The number of fused-ring (bicyclic) bond motifs is 1. The van der Waals surface area contributed by atoms with E-state index in [9.17, 15) is 19.7 Å². The summed E-state index contributed by atoms with van der Waals surface area (Å²) in [5.41, 5.74) is 2.49. The van der Waals surface area contributed by atoms with E-state index in [4.69, 9.17) is 4.42 Å². The van der Waals surface area contributed by atoms with E-state index in [0.717, 1.165) is 5.69 Å². The number of nitro groups is 1. The number of furan rings is 1. The summed E-state index contributed by atoms with van der Waals surface area (Å²) in [4.78, 5) is 37.2. The van der Waals surface area contributed by atoms with Crippen molar-refractivity contribution in [1.82, 2.24) is 20.4 Å². The van der Waals surface area contributed by atoms with Crippen LogP contribution in [-0.2, 0) is 30.7 Å². The molecule has 0 bridgehead atoms. The summed E-state index contributed by atoms with van der Waals surface area (Å²) in [6.45, 7) is 1.03. The zero-order chi connectivity index (χ0) is 21.1. The number of hydrogen-bond acceptors (Lipinski definition) is 6. The highest BCUT2D eigenvalue weighted by molar-refractivity contribution is 5.94. The van der Waals surface area contributed by atoms with Crippen molar-refractivity contribution >= 4 is 17.5 Å². The number of amides is 2. The highest BCUT2D eigenvalue weighted by Gasteiger charge is 2.27. The number of nitro benzene ring substituents is 1. The second-order valence-corrected chi connectivity index (χ2v) is 6.96. The Balaban J connectivity index is 1.41. The van der Waals surface area contributed by atoms with Gasteiger partial charge in [-0.3, -0.25) is 24.8 Å². The highest BCUT2D eigenvalue weighted by Crippen LogP contribution is 2.22. The molecule has 1 aliphatic heterocycles. The molecule has 30 heavy (non-hydrogen) atoms. The van der Waals surface area contributed by atoms with Gasteiger partial charge in [-0.1, -0.05) is 12.1 Å². The molecular formula is C20H19N5O5. The molecule has 154 valence electrons. The van der Waals surface area contributed by atoms with Gasteiger partial charge in [0.15, 0.2) is 5.69 Å². The maximum atomic E-state index is 12.7. The number of aromatic amines is 1. The molecule has 0 aliphatic carbocycles. The van der Waals surface area contributed by atoms with Crippen LogP contribution in [0, 0.1) is 10.1 Å². The summed E-state index contributed by atoms with van der Waals surface area (Å²) in [5, 5.41) is 20.5. The van der Waals surface area contributed by atoms with Crippen LogP contribution in [0.4, 0.5) is 5.69 Å². The number of benzene rings is 1. The Morgan fingerprint density at radius 2 is 2.07 bits per heavy atom. The first-order valence-electron chi connectivity index (χ1n) is 9.39. The molecule has 2 aromatic heterocycles. The van der Waals surface area contributed by atoms with E-state index in [2.05, 4.69) is 15.5 Å². The van der Waals surface area contributed by atoms with Crippen LogP contribution in [0.25, 0.3) is 0 Å². The van der Waals surface area contributed by atoms with E-state index in [1.54, 1.807) is 29.2 Å². The first-order valence-corrected chi connectivity index (χ1v) is 9.39. The second kappa shape index (κ2) is 8.19. The quantitative estimate of drug-likeness (QED) is 0.472. The van der Waals surface area contributed by atoms with Crippen LogP contribution in [0.15, 0.2) is 47.1 Å². The lowest BCUT2D eigenvalue weighted by Crippen LogP contribution is -2.37. The third-order valence-electron chi connectivity index (χ3n) is 5.01. The second-order valence-electron chi connectivity index (χ2n) is 6.96. The van der Waals surface area contributed by atoms with Gasteiger partial charge >= 0.3 is 0 Å². The number of rotatable bonds is 6. The molecule has 0 saturated carbocycles. The van der Waals surface area contributed by atoms with Crippen LogP contribution < -0.4 is 5.32 Å². The van der Waals surface area contributed by atoms with Gasteiger partial charge in [-0.2, -0.15) is 5.10 Å². The Labute approximate surface area is 171 Å². The van der Waals surface area contributed by atoms with Crippen molar-refractivity contribution in [2.75, 3.05) is 6.54 Å². The molecule has 0 radical (unpaired) electrons. The summed E-state index contributed by atoms with van der Waals surface area (Å²) in [5.74, 6) is 0.180. The molecular weight excluding hydrogens is 390 g/mol. The number of nitrogens with zero attached hydrogens (tertiary/aromatic N) is 3. The first-order chi connectivity index (χ1) is 14.5. The minimum Gasteiger partial charge on any atom is -0.467 e. The lowest BCUT2D eigenvalue weighted by atomic mass is 10.0. The number of non-ortho nitro benzene ring substituents is 1. The van der Waals surface area contributed by atoms with Crippen molar-refractivity contribution in [2.45, 2.75) is 25.9 Å². The lowest BCUT2D eigenvalue weighted by Gasteiger charge is -2.27. The zero-order valence-corrected chi connectivity index (χ0v) is 16.0. The first kappa shape index (κ1) is 19.4. The van der Waals surface area contributed by atoms with Crippen LogP contribution in [0.5, 0.6) is 0 Å². The topological polar surface area (TPSA) is 134 Å². The average Bonchev–Trinajstić information content (AvgIpc) is 3.41. The molecule has 2 N–H and O–H groups in total. The standard InChI is InChI=1S/C20H19N5O5/c26-18(10-13-3-5-14(6-4-13)25(28)29)24-8-7-17-16(12-24)19(23-22-17)20(27)21-11-15-2-1-9-30-15/h1-6,9H,7-8,10-12H2,(H,21,27)(H,22,23). The van der Waals surface area contributed by atoms with E-state index in [-0.39, 0.29) is 42.7 Å². The number of aromatic nitrogens is 2. The van der Waals surface area contributed by atoms with E-state index < -0.39 is 4.92 Å². The van der Waals surface area contributed by atoms with Crippen molar-refractivity contribution in [3.63, 3.8) is 0 Å². The highest BCUT2D eigenvalue weighted by atomic mass is 16.6. The number of H-pyrrole nitrogens is 1. The maximum absolute atomic E-state index is 12.7. The molecule has 1 aliphatic rings. The Kier molecular flexibility index (Phi) is 5.29. The maximum Gasteiger partial charge on any atom is 0.272 e. The van der Waals surface area contributed by atoms with Gasteiger partial charge in [-0.25, -0.2) is 0 Å². The normalized spacial score (nSPS) is 13.0. The number of nitrogens with one attached hydrogen (secondary N) is 2. The van der Waals surface area contributed by atoms with Crippen molar-refractivity contribution in [1.29, 1.82) is 0 Å². The van der Waals surface area contributed by atoms with Crippen molar-refractivity contribution in [3.8, 4) is 0 Å². The summed E-state index contributed by atoms with van der Waals surface area (Å²) in [6.07, 6.45) is 2.23. The fourth-order valence-electron chi connectivity index (χ4n) is 3.38. The van der Waals surface area contributed by atoms with E-state index in [0.29, 0.717) is 29.9 Å². The molecule has 0 unspecified atom stereocenters. The monoisotopic (exact) mass is 409 g/mol. The molecule has 0 fully saturated rings. The molecule has 0 saturated heterocycles. The third kappa shape index (κ3) is 4.07. The van der Waals surface area contributed by atoms with Gasteiger partial charge in [0.05, 0.1) is 24.2 Å². The Bertz CT molecular complexity index is 1070. The van der Waals surface area contributed by atoms with Gasteiger partial charge in [0, 0.05) is 42.9 Å². The van der Waals surface area contributed by atoms with Crippen molar-refractivity contribution in [3.05, 3.63) is 81.1 Å². The molecule has 3 heterocycles. The van der Waals surface area contributed by atoms with E-state index in [1.807, 2.05) is 0 Å². The van der Waals surface area contributed by atoms with Crippen molar-refractivity contribution < 1.29 is 18.9 Å². The number of carbonyl (C=O) groups is 2. The van der Waals surface area contributed by atoms with Crippen LogP contribution in [0.2, 0.25) is 0 Å². The summed E-state index contributed by atoms with van der Waals surface area (Å²) in [6, 6.07) is 9.43. The predicted octanol–water partition coefficient (Wildman–Crippen LogP) is 1.97. The minimum absolute atomic E-state index is 0.0163. The van der Waals surface area contributed by atoms with E-state index >= 15 is 0 Å². The van der Waals surface area contributed by atoms with E-state index in [1.165, 1.54) is 18.4 Å². The van der Waals surface area contributed by atoms with Gasteiger partial charge < -0.3 is 14.6 Å². The summed E-state index contributed by atoms with van der Waals surface area (Å²) in [7, 11) is 0. The van der Waals surface area contributed by atoms with Gasteiger partial charge in [0.25, 0.3) is 11.6 Å². The summed E-state index contributed by atoms with van der Waals surface area (Å²) >= 11 is 0. The Morgan fingerprint density at radius 1 is 1.27 bits per heavy atom. The summed E-state index contributed by atoms with van der Waals surface area (Å²) < 4.78 is 5.21. The minimum atomic E-state index is -0.477. The largest absolute Gasteiger partial charge is 0.467 e. The molecule has 4 rings (SSSR count). The van der Waals surface area contributed by atoms with Gasteiger partial charge in [-0.05, 0) is 17.7 Å². The average molecular weight is 409 g/mol. The Hall–Kier alpha value is -3.95. The molecule has 0 spiro atoms. The SMILES string of the molecule is O=C(NCc1ccco1)c1n[nH]c2c1CN(C(=O)Cc1ccc([N+](=O)[O-])cc1)CC2.